The van der Waals surface area contributed by atoms with Crippen LogP contribution in [0.15, 0.2) is 42.5 Å². The largest absolute Gasteiger partial charge is 0.457 e. The fourth-order valence-corrected chi connectivity index (χ4v) is 2.38. The first kappa shape index (κ1) is 15.1. The Morgan fingerprint density at radius 2 is 1.65 bits per heavy atom. The summed E-state index contributed by atoms with van der Waals surface area (Å²) in [6.45, 7) is 8.77. The van der Waals surface area contributed by atoms with Crippen LogP contribution in [0.5, 0.6) is 11.5 Å². The maximum absolute atomic E-state index is 5.96. The van der Waals surface area contributed by atoms with E-state index < -0.39 is 0 Å². The summed E-state index contributed by atoms with van der Waals surface area (Å²) >= 11 is 3.45. The van der Waals surface area contributed by atoms with Gasteiger partial charge in [-0.2, -0.15) is 0 Å². The summed E-state index contributed by atoms with van der Waals surface area (Å²) in [6, 6.07) is 14.6. The second-order valence-electron chi connectivity index (χ2n) is 6.11. The first-order valence-corrected chi connectivity index (χ1v) is 7.96. The first-order chi connectivity index (χ1) is 9.40. The molecule has 0 saturated carbocycles. The van der Waals surface area contributed by atoms with E-state index in [-0.39, 0.29) is 5.41 Å². The summed E-state index contributed by atoms with van der Waals surface area (Å²) in [5.41, 5.74) is 3.91. The molecule has 0 aliphatic carbocycles. The Kier molecular flexibility index (Phi) is 4.54. The van der Waals surface area contributed by atoms with Gasteiger partial charge in [0.2, 0.25) is 0 Å². The lowest BCUT2D eigenvalue weighted by molar-refractivity contribution is 0.477. The molecule has 0 aromatic heterocycles. The van der Waals surface area contributed by atoms with Gasteiger partial charge in [0.25, 0.3) is 0 Å². The zero-order valence-corrected chi connectivity index (χ0v) is 14.1. The van der Waals surface area contributed by atoms with Crippen molar-refractivity contribution in [3.63, 3.8) is 0 Å². The van der Waals surface area contributed by atoms with Crippen LogP contribution in [-0.4, -0.2) is 0 Å². The van der Waals surface area contributed by atoms with E-state index in [0.717, 1.165) is 16.8 Å². The highest BCUT2D eigenvalue weighted by Gasteiger charge is 2.14. The van der Waals surface area contributed by atoms with Crippen LogP contribution in [0.3, 0.4) is 0 Å². The SMILES string of the molecule is Cc1cc(C(C)(C)C)ccc1Oc1ccc(CBr)cc1. The third-order valence-corrected chi connectivity index (χ3v) is 3.99. The van der Waals surface area contributed by atoms with Gasteiger partial charge >= 0.3 is 0 Å². The summed E-state index contributed by atoms with van der Waals surface area (Å²) < 4.78 is 5.96. The smallest absolute Gasteiger partial charge is 0.130 e. The first-order valence-electron chi connectivity index (χ1n) is 6.84. The molecule has 0 unspecified atom stereocenters. The molecule has 0 heterocycles. The van der Waals surface area contributed by atoms with Crippen molar-refractivity contribution in [3.05, 3.63) is 59.2 Å². The van der Waals surface area contributed by atoms with E-state index in [9.17, 15) is 0 Å². The van der Waals surface area contributed by atoms with Gasteiger partial charge in [-0.1, -0.05) is 61.0 Å². The standard InChI is InChI=1S/C18H21BrO/c1-13-11-15(18(2,3)4)7-10-17(13)20-16-8-5-14(12-19)6-9-16/h5-11H,12H2,1-4H3. The lowest BCUT2D eigenvalue weighted by Gasteiger charge is -2.20. The summed E-state index contributed by atoms with van der Waals surface area (Å²) in [7, 11) is 0. The monoisotopic (exact) mass is 332 g/mol. The van der Waals surface area contributed by atoms with Gasteiger partial charge < -0.3 is 4.74 Å². The molecule has 0 spiro atoms. The summed E-state index contributed by atoms with van der Waals surface area (Å²) in [6.07, 6.45) is 0. The number of halogens is 1. The fraction of sp³-hybridized carbons (Fsp3) is 0.333. The van der Waals surface area contributed by atoms with E-state index in [1.807, 2.05) is 12.1 Å². The molecule has 2 heteroatoms. The molecule has 0 amide bonds. The summed E-state index contributed by atoms with van der Waals surface area (Å²) in [4.78, 5) is 0. The number of alkyl halides is 1. The molecular formula is C18H21BrO. The van der Waals surface area contributed by atoms with Crippen molar-refractivity contribution in [2.45, 2.75) is 38.4 Å². The summed E-state index contributed by atoms with van der Waals surface area (Å²) in [5.74, 6) is 1.80. The van der Waals surface area contributed by atoms with E-state index in [0.29, 0.717) is 0 Å². The highest BCUT2D eigenvalue weighted by molar-refractivity contribution is 9.08. The lowest BCUT2D eigenvalue weighted by Crippen LogP contribution is -2.11. The molecule has 0 fully saturated rings. The molecule has 0 saturated heterocycles. The Labute approximate surface area is 130 Å². The third-order valence-electron chi connectivity index (χ3n) is 3.35. The van der Waals surface area contributed by atoms with Gasteiger partial charge in [-0.05, 0) is 47.2 Å². The quantitative estimate of drug-likeness (QED) is 0.628. The zero-order chi connectivity index (χ0) is 14.8. The van der Waals surface area contributed by atoms with Crippen LogP contribution >= 0.6 is 15.9 Å². The van der Waals surface area contributed by atoms with Gasteiger partial charge in [0, 0.05) is 5.33 Å². The van der Waals surface area contributed by atoms with E-state index in [1.54, 1.807) is 0 Å². The average Bonchev–Trinajstić information content (AvgIpc) is 2.41. The minimum absolute atomic E-state index is 0.167. The van der Waals surface area contributed by atoms with E-state index in [2.05, 4.69) is 74.0 Å². The Hall–Kier alpha value is -1.28. The van der Waals surface area contributed by atoms with Crippen LogP contribution in [0.1, 0.15) is 37.5 Å². The van der Waals surface area contributed by atoms with Crippen LogP contribution < -0.4 is 4.74 Å². The van der Waals surface area contributed by atoms with Gasteiger partial charge in [-0.3, -0.25) is 0 Å². The lowest BCUT2D eigenvalue weighted by atomic mass is 9.86. The zero-order valence-electron chi connectivity index (χ0n) is 12.5. The van der Waals surface area contributed by atoms with E-state index >= 15 is 0 Å². The van der Waals surface area contributed by atoms with Crippen LogP contribution in [-0.2, 0) is 10.7 Å². The average molecular weight is 333 g/mol. The van der Waals surface area contributed by atoms with Crippen molar-refractivity contribution >= 4 is 15.9 Å². The van der Waals surface area contributed by atoms with Crippen LogP contribution in [0.4, 0.5) is 0 Å². The maximum Gasteiger partial charge on any atom is 0.130 e. The van der Waals surface area contributed by atoms with Crippen LogP contribution in [0.25, 0.3) is 0 Å². The molecule has 1 nitrogen and oxygen atoms in total. The molecule has 0 atom stereocenters. The molecule has 0 N–H and O–H groups in total. The maximum atomic E-state index is 5.96. The molecule has 0 bridgehead atoms. The number of aryl methyl sites for hydroxylation is 1. The van der Waals surface area contributed by atoms with Gasteiger partial charge in [0.05, 0.1) is 0 Å². The number of rotatable bonds is 3. The highest BCUT2D eigenvalue weighted by atomic mass is 79.9. The van der Waals surface area contributed by atoms with Crippen molar-refractivity contribution in [2.24, 2.45) is 0 Å². The van der Waals surface area contributed by atoms with Crippen molar-refractivity contribution < 1.29 is 4.74 Å². The van der Waals surface area contributed by atoms with E-state index in [4.69, 9.17) is 4.74 Å². The van der Waals surface area contributed by atoms with Crippen molar-refractivity contribution in [3.8, 4) is 11.5 Å². The Balaban J connectivity index is 2.21. The van der Waals surface area contributed by atoms with Gasteiger partial charge in [0.15, 0.2) is 0 Å². The second-order valence-corrected chi connectivity index (χ2v) is 6.67. The molecule has 0 aliphatic rings. The van der Waals surface area contributed by atoms with Crippen molar-refractivity contribution in [2.75, 3.05) is 0 Å². The molecule has 2 rings (SSSR count). The normalized spacial score (nSPS) is 11.4. The molecule has 106 valence electrons. The predicted octanol–water partition coefficient (Wildman–Crippen LogP) is 5.98. The molecular weight excluding hydrogens is 312 g/mol. The Morgan fingerprint density at radius 3 is 2.15 bits per heavy atom. The summed E-state index contributed by atoms with van der Waals surface area (Å²) in [5, 5.41) is 0.868. The molecule has 0 radical (unpaired) electrons. The predicted molar refractivity (Wildman–Crippen MR) is 89.0 cm³/mol. The van der Waals surface area contributed by atoms with Gasteiger partial charge in [-0.25, -0.2) is 0 Å². The highest BCUT2D eigenvalue weighted by Crippen LogP contribution is 2.30. The van der Waals surface area contributed by atoms with Crippen molar-refractivity contribution in [1.29, 1.82) is 0 Å². The molecule has 2 aromatic rings. The van der Waals surface area contributed by atoms with Gasteiger partial charge in [-0.15, -0.1) is 0 Å². The van der Waals surface area contributed by atoms with Crippen LogP contribution in [0, 0.1) is 6.92 Å². The minimum atomic E-state index is 0.167. The molecule has 2 aromatic carbocycles. The number of ether oxygens (including phenoxy) is 1. The molecule has 20 heavy (non-hydrogen) atoms. The van der Waals surface area contributed by atoms with E-state index in [1.165, 1.54) is 16.7 Å². The number of benzene rings is 2. The van der Waals surface area contributed by atoms with Crippen molar-refractivity contribution in [1.82, 2.24) is 0 Å². The van der Waals surface area contributed by atoms with Gasteiger partial charge in [0.1, 0.15) is 11.5 Å². The molecule has 0 aliphatic heterocycles. The Morgan fingerprint density at radius 1 is 1.00 bits per heavy atom. The minimum Gasteiger partial charge on any atom is -0.457 e. The Bertz CT molecular complexity index is 579. The second kappa shape index (κ2) is 6.01. The topological polar surface area (TPSA) is 9.23 Å². The number of hydrogen-bond acceptors (Lipinski definition) is 1. The van der Waals surface area contributed by atoms with Crippen LogP contribution in [0.2, 0.25) is 0 Å². The third kappa shape index (κ3) is 3.63. The fourth-order valence-electron chi connectivity index (χ4n) is 2.00. The number of hydrogen-bond donors (Lipinski definition) is 0.